The van der Waals surface area contributed by atoms with Crippen LogP contribution in [0.3, 0.4) is 0 Å². The van der Waals surface area contributed by atoms with E-state index in [1.807, 2.05) is 4.90 Å². The first-order valence-electron chi connectivity index (χ1n) is 7.29. The molecule has 1 amide bonds. The Labute approximate surface area is 124 Å². The van der Waals surface area contributed by atoms with E-state index in [0.717, 1.165) is 12.8 Å². The van der Waals surface area contributed by atoms with Gasteiger partial charge in [0.1, 0.15) is 6.10 Å². The van der Waals surface area contributed by atoms with Crippen LogP contribution in [0.25, 0.3) is 0 Å². The summed E-state index contributed by atoms with van der Waals surface area (Å²) in [6.45, 7) is 1.36. The van der Waals surface area contributed by atoms with Crippen molar-refractivity contribution in [2.45, 2.75) is 38.2 Å². The first-order chi connectivity index (χ1) is 9.72. The lowest BCUT2D eigenvalue weighted by atomic mass is 9.87. The van der Waals surface area contributed by atoms with Crippen molar-refractivity contribution < 1.29 is 9.53 Å². The van der Waals surface area contributed by atoms with Gasteiger partial charge in [-0.1, -0.05) is 30.9 Å². The Hall–Kier alpha value is -1.29. The number of carbonyl (C=O) groups is 1. The SMILES string of the molecule is O=C(C1CCCCC1)N1CC(Oc2ccc(Cl)cn2)C1. The summed E-state index contributed by atoms with van der Waals surface area (Å²) in [6.07, 6.45) is 7.41. The molecular formula is C15H19ClN2O2. The van der Waals surface area contributed by atoms with Gasteiger partial charge in [-0.15, -0.1) is 0 Å². The van der Waals surface area contributed by atoms with Crippen molar-refractivity contribution >= 4 is 17.5 Å². The van der Waals surface area contributed by atoms with Crippen LogP contribution in [0.4, 0.5) is 0 Å². The highest BCUT2D eigenvalue weighted by Gasteiger charge is 2.36. The molecule has 20 heavy (non-hydrogen) atoms. The number of carbonyl (C=O) groups excluding carboxylic acids is 1. The molecule has 1 aromatic rings. The maximum Gasteiger partial charge on any atom is 0.225 e. The number of ether oxygens (including phenoxy) is 1. The third-order valence-corrected chi connectivity index (χ3v) is 4.33. The summed E-state index contributed by atoms with van der Waals surface area (Å²) in [4.78, 5) is 18.3. The lowest BCUT2D eigenvalue weighted by molar-refractivity contribution is -0.145. The van der Waals surface area contributed by atoms with Gasteiger partial charge in [0.05, 0.1) is 18.1 Å². The molecule has 108 valence electrons. The molecular weight excluding hydrogens is 276 g/mol. The average molecular weight is 295 g/mol. The van der Waals surface area contributed by atoms with E-state index in [9.17, 15) is 4.79 Å². The van der Waals surface area contributed by atoms with Crippen LogP contribution in [0.15, 0.2) is 18.3 Å². The van der Waals surface area contributed by atoms with E-state index in [0.29, 0.717) is 29.9 Å². The molecule has 0 aromatic carbocycles. The Kier molecular flexibility index (Phi) is 4.10. The molecule has 0 bridgehead atoms. The van der Waals surface area contributed by atoms with Crippen molar-refractivity contribution in [2.75, 3.05) is 13.1 Å². The smallest absolute Gasteiger partial charge is 0.225 e. The standard InChI is InChI=1S/C15H19ClN2O2/c16-12-6-7-14(17-8-12)20-13-9-18(10-13)15(19)11-4-2-1-3-5-11/h6-8,11,13H,1-5,9-10H2. The predicted octanol–water partition coefficient (Wildman–Crippen LogP) is 2.90. The number of likely N-dealkylation sites (tertiary alicyclic amines) is 1. The van der Waals surface area contributed by atoms with Gasteiger partial charge >= 0.3 is 0 Å². The van der Waals surface area contributed by atoms with Gasteiger partial charge in [-0.2, -0.15) is 0 Å². The first-order valence-corrected chi connectivity index (χ1v) is 7.67. The molecule has 2 heterocycles. The van der Waals surface area contributed by atoms with Crippen molar-refractivity contribution in [3.05, 3.63) is 23.4 Å². The van der Waals surface area contributed by atoms with Crippen LogP contribution in [0.1, 0.15) is 32.1 Å². The summed E-state index contributed by atoms with van der Waals surface area (Å²) < 4.78 is 5.71. The van der Waals surface area contributed by atoms with Gasteiger partial charge in [0, 0.05) is 18.2 Å². The third kappa shape index (κ3) is 3.06. The molecule has 1 saturated carbocycles. The van der Waals surface area contributed by atoms with Crippen LogP contribution in [-0.2, 0) is 4.79 Å². The largest absolute Gasteiger partial charge is 0.471 e. The quantitative estimate of drug-likeness (QED) is 0.861. The highest BCUT2D eigenvalue weighted by Crippen LogP contribution is 2.27. The zero-order valence-electron chi connectivity index (χ0n) is 11.4. The van der Waals surface area contributed by atoms with E-state index in [-0.39, 0.29) is 12.0 Å². The zero-order valence-corrected chi connectivity index (χ0v) is 12.2. The minimum absolute atomic E-state index is 0.0659. The molecule has 0 spiro atoms. The number of halogens is 1. The third-order valence-electron chi connectivity index (χ3n) is 4.10. The number of rotatable bonds is 3. The molecule has 2 fully saturated rings. The van der Waals surface area contributed by atoms with E-state index in [2.05, 4.69) is 4.98 Å². The molecule has 0 unspecified atom stereocenters. The fourth-order valence-electron chi connectivity index (χ4n) is 2.90. The van der Waals surface area contributed by atoms with Crippen LogP contribution in [0.2, 0.25) is 5.02 Å². The van der Waals surface area contributed by atoms with Crippen molar-refractivity contribution in [3.8, 4) is 5.88 Å². The summed E-state index contributed by atoms with van der Waals surface area (Å²) in [5.41, 5.74) is 0. The number of aromatic nitrogens is 1. The number of nitrogens with zero attached hydrogens (tertiary/aromatic N) is 2. The molecule has 1 aliphatic carbocycles. The van der Waals surface area contributed by atoms with Crippen LogP contribution in [0.5, 0.6) is 5.88 Å². The Morgan fingerprint density at radius 3 is 2.65 bits per heavy atom. The Balaban J connectivity index is 1.46. The topological polar surface area (TPSA) is 42.4 Å². The van der Waals surface area contributed by atoms with Crippen LogP contribution in [-0.4, -0.2) is 35.0 Å². The molecule has 1 aliphatic heterocycles. The van der Waals surface area contributed by atoms with Crippen LogP contribution >= 0.6 is 11.6 Å². The van der Waals surface area contributed by atoms with Crippen LogP contribution in [0, 0.1) is 5.92 Å². The van der Waals surface area contributed by atoms with E-state index in [1.54, 1.807) is 18.3 Å². The molecule has 0 atom stereocenters. The number of pyridine rings is 1. The van der Waals surface area contributed by atoms with Crippen molar-refractivity contribution in [1.82, 2.24) is 9.88 Å². The number of hydrogen-bond donors (Lipinski definition) is 0. The van der Waals surface area contributed by atoms with Crippen molar-refractivity contribution in [1.29, 1.82) is 0 Å². The Bertz CT molecular complexity index is 465. The van der Waals surface area contributed by atoms with Gasteiger partial charge in [-0.05, 0) is 18.9 Å². The lowest BCUT2D eigenvalue weighted by Crippen LogP contribution is -2.57. The fraction of sp³-hybridized carbons (Fsp3) is 0.600. The summed E-state index contributed by atoms with van der Waals surface area (Å²) >= 11 is 5.78. The van der Waals surface area contributed by atoms with E-state index in [4.69, 9.17) is 16.3 Å². The second-order valence-electron chi connectivity index (χ2n) is 5.63. The van der Waals surface area contributed by atoms with Crippen molar-refractivity contribution in [2.24, 2.45) is 5.92 Å². The van der Waals surface area contributed by atoms with Gasteiger partial charge in [0.25, 0.3) is 0 Å². The average Bonchev–Trinajstić information content (AvgIpc) is 2.45. The molecule has 4 nitrogen and oxygen atoms in total. The number of amides is 1. The van der Waals surface area contributed by atoms with Gasteiger partial charge in [-0.3, -0.25) is 4.79 Å². The molecule has 2 aliphatic rings. The molecule has 3 rings (SSSR count). The van der Waals surface area contributed by atoms with E-state index < -0.39 is 0 Å². The molecule has 1 aromatic heterocycles. The summed E-state index contributed by atoms with van der Waals surface area (Å²) in [5.74, 6) is 1.14. The fourth-order valence-corrected chi connectivity index (χ4v) is 3.01. The van der Waals surface area contributed by atoms with Gasteiger partial charge in [-0.25, -0.2) is 4.98 Å². The molecule has 0 N–H and O–H groups in total. The predicted molar refractivity (Wildman–Crippen MR) is 76.8 cm³/mol. The summed E-state index contributed by atoms with van der Waals surface area (Å²) in [6, 6.07) is 3.52. The molecule has 1 saturated heterocycles. The molecule has 5 heteroatoms. The maximum absolute atomic E-state index is 12.3. The normalized spacial score (nSPS) is 20.6. The van der Waals surface area contributed by atoms with Crippen molar-refractivity contribution in [3.63, 3.8) is 0 Å². The minimum atomic E-state index is 0.0659. The lowest BCUT2D eigenvalue weighted by Gasteiger charge is -2.41. The Morgan fingerprint density at radius 1 is 1.25 bits per heavy atom. The van der Waals surface area contributed by atoms with E-state index >= 15 is 0 Å². The maximum atomic E-state index is 12.3. The minimum Gasteiger partial charge on any atom is -0.471 e. The molecule has 0 radical (unpaired) electrons. The summed E-state index contributed by atoms with van der Waals surface area (Å²) in [5, 5.41) is 0.597. The number of hydrogen-bond acceptors (Lipinski definition) is 3. The monoisotopic (exact) mass is 294 g/mol. The van der Waals surface area contributed by atoms with Gasteiger partial charge in [0.15, 0.2) is 0 Å². The Morgan fingerprint density at radius 2 is 2.00 bits per heavy atom. The highest BCUT2D eigenvalue weighted by molar-refractivity contribution is 6.30. The first kappa shape index (κ1) is 13.7. The highest BCUT2D eigenvalue weighted by atomic mass is 35.5. The van der Waals surface area contributed by atoms with E-state index in [1.165, 1.54) is 19.3 Å². The second kappa shape index (κ2) is 6.00. The second-order valence-corrected chi connectivity index (χ2v) is 6.07. The zero-order chi connectivity index (χ0) is 13.9. The van der Waals surface area contributed by atoms with Crippen LogP contribution < -0.4 is 4.74 Å². The van der Waals surface area contributed by atoms with Gasteiger partial charge in [0.2, 0.25) is 11.8 Å². The van der Waals surface area contributed by atoms with Gasteiger partial charge < -0.3 is 9.64 Å². The summed E-state index contributed by atoms with van der Waals surface area (Å²) in [7, 11) is 0.